The molecule has 0 fully saturated rings. The molecule has 0 saturated heterocycles. The number of tetrazole rings is 1. The summed E-state index contributed by atoms with van der Waals surface area (Å²) in [4.78, 5) is 12.9. The Labute approximate surface area is 191 Å². The summed E-state index contributed by atoms with van der Waals surface area (Å²) in [7, 11) is -2.50. The van der Waals surface area contributed by atoms with Crippen LogP contribution in [0.1, 0.15) is 5.82 Å². The molecule has 0 unspecified atom stereocenters. The molecule has 14 heteroatoms. The van der Waals surface area contributed by atoms with Gasteiger partial charge in [-0.15, -0.1) is 16.4 Å². The zero-order valence-corrected chi connectivity index (χ0v) is 18.8. The van der Waals surface area contributed by atoms with E-state index in [9.17, 15) is 8.42 Å². The lowest BCUT2D eigenvalue weighted by Gasteiger charge is -2.14. The molecule has 0 saturated carbocycles. The molecule has 0 radical (unpaired) electrons. The number of nitrogens with one attached hydrogen (secondary N) is 3. The van der Waals surface area contributed by atoms with Crippen LogP contribution in [0.15, 0.2) is 47.1 Å². The largest absolute Gasteiger partial charge is 0.495 e. The molecule has 0 spiro atoms. The topological polar surface area (TPSA) is 161 Å². The van der Waals surface area contributed by atoms with E-state index in [1.165, 1.54) is 19.5 Å². The fourth-order valence-electron chi connectivity index (χ4n) is 3.27. The number of methoxy groups -OCH3 is 1. The minimum atomic E-state index is -3.91. The number of aromatic amines is 1. The Morgan fingerprint density at radius 3 is 2.85 bits per heavy atom. The van der Waals surface area contributed by atoms with E-state index in [1.54, 1.807) is 22.9 Å². The number of H-pyrrole nitrogens is 1. The first-order valence-corrected chi connectivity index (χ1v) is 12.0. The van der Waals surface area contributed by atoms with Gasteiger partial charge in [0.15, 0.2) is 0 Å². The second-order valence-corrected chi connectivity index (χ2v) is 9.52. The Kier molecular flexibility index (Phi) is 5.53. The normalized spacial score (nSPS) is 11.8. The van der Waals surface area contributed by atoms with Crippen LogP contribution in [0.25, 0.3) is 21.1 Å². The first kappa shape index (κ1) is 21.1. The van der Waals surface area contributed by atoms with Crippen molar-refractivity contribution in [1.29, 1.82) is 0 Å². The minimum absolute atomic E-state index is 0.0269. The molecular formula is C19H17N9O3S2. The van der Waals surface area contributed by atoms with Crippen LogP contribution < -0.4 is 14.8 Å². The van der Waals surface area contributed by atoms with Crippen molar-refractivity contribution in [1.82, 2.24) is 40.3 Å². The highest BCUT2D eigenvalue weighted by atomic mass is 32.2. The number of thiazole rings is 1. The zero-order chi connectivity index (χ0) is 22.8. The number of ether oxygens (including phenoxy) is 1. The van der Waals surface area contributed by atoms with Gasteiger partial charge < -0.3 is 10.1 Å². The van der Waals surface area contributed by atoms with Crippen LogP contribution in [0.2, 0.25) is 0 Å². The van der Waals surface area contributed by atoms with Gasteiger partial charge >= 0.3 is 0 Å². The lowest BCUT2D eigenvalue weighted by atomic mass is 10.2. The number of fused-ring (bicyclic) bond motifs is 2. The number of anilines is 2. The van der Waals surface area contributed by atoms with Crippen molar-refractivity contribution in [2.24, 2.45) is 0 Å². The predicted octanol–water partition coefficient (Wildman–Crippen LogP) is 2.03. The molecule has 5 rings (SSSR count). The smallest absolute Gasteiger partial charge is 0.244 e. The molecule has 0 aliphatic heterocycles. The second-order valence-electron chi connectivity index (χ2n) is 6.90. The highest BCUT2D eigenvalue weighted by molar-refractivity contribution is 7.89. The van der Waals surface area contributed by atoms with Crippen molar-refractivity contribution in [2.75, 3.05) is 19.0 Å². The molecule has 0 aliphatic rings. The van der Waals surface area contributed by atoms with Gasteiger partial charge in [0.05, 0.1) is 28.4 Å². The molecule has 0 aliphatic carbocycles. The lowest BCUT2D eigenvalue weighted by molar-refractivity contribution is 0.403. The van der Waals surface area contributed by atoms with Gasteiger partial charge in [-0.1, -0.05) is 0 Å². The second kappa shape index (κ2) is 8.65. The summed E-state index contributed by atoms with van der Waals surface area (Å²) in [6.45, 7) is 0.102. The first-order chi connectivity index (χ1) is 16.0. The molecule has 0 bridgehead atoms. The van der Waals surface area contributed by atoms with Crippen molar-refractivity contribution >= 4 is 54.0 Å². The molecule has 12 nitrogen and oxygen atoms in total. The van der Waals surface area contributed by atoms with Crippen LogP contribution >= 0.6 is 11.3 Å². The molecule has 0 atom stereocenters. The van der Waals surface area contributed by atoms with Crippen molar-refractivity contribution < 1.29 is 13.2 Å². The standard InChI is InChI=1S/C19H17N9O3S2/c1-31-15-8-13-12(7-17(15)33(29,30)23-5-4-18-25-27-28-26-18)19(21-9-20-13)24-11-2-3-16-14(6-11)22-10-32-16/h2-3,6-10,23H,4-5H2,1H3,(H,20,21,24)(H,25,26,27,28). The number of sulfonamides is 1. The molecule has 5 aromatic rings. The maximum Gasteiger partial charge on any atom is 0.244 e. The molecule has 0 amide bonds. The van der Waals surface area contributed by atoms with Crippen LogP contribution in [-0.4, -0.2) is 57.6 Å². The van der Waals surface area contributed by atoms with E-state index in [1.807, 2.05) is 18.2 Å². The maximum atomic E-state index is 13.0. The highest BCUT2D eigenvalue weighted by Crippen LogP contribution is 2.33. The third-order valence-electron chi connectivity index (χ3n) is 4.85. The summed E-state index contributed by atoms with van der Waals surface area (Å²) in [5.41, 5.74) is 3.95. The summed E-state index contributed by atoms with van der Waals surface area (Å²) in [6.07, 6.45) is 1.71. The van der Waals surface area contributed by atoms with E-state index >= 15 is 0 Å². The van der Waals surface area contributed by atoms with Gasteiger partial charge in [-0.3, -0.25) is 0 Å². The number of hydrogen-bond donors (Lipinski definition) is 3. The molecule has 3 heterocycles. The lowest BCUT2D eigenvalue weighted by Crippen LogP contribution is -2.26. The van der Waals surface area contributed by atoms with Gasteiger partial charge in [-0.05, 0) is 34.7 Å². The fraction of sp³-hybridized carbons (Fsp3) is 0.158. The average Bonchev–Trinajstić information content (AvgIpc) is 3.50. The molecule has 33 heavy (non-hydrogen) atoms. The van der Waals surface area contributed by atoms with Crippen molar-refractivity contribution in [3.05, 3.63) is 48.0 Å². The molecule has 3 aromatic heterocycles. The van der Waals surface area contributed by atoms with Crippen molar-refractivity contribution in [2.45, 2.75) is 11.3 Å². The summed E-state index contributed by atoms with van der Waals surface area (Å²) in [5, 5.41) is 17.0. The molecular weight excluding hydrogens is 466 g/mol. The van der Waals surface area contributed by atoms with Gasteiger partial charge in [0.25, 0.3) is 0 Å². The Hall–Kier alpha value is -3.75. The van der Waals surface area contributed by atoms with E-state index in [4.69, 9.17) is 4.74 Å². The molecule has 3 N–H and O–H groups in total. The summed E-state index contributed by atoms with van der Waals surface area (Å²) >= 11 is 1.55. The van der Waals surface area contributed by atoms with Crippen LogP contribution in [0.5, 0.6) is 5.75 Å². The first-order valence-electron chi connectivity index (χ1n) is 9.69. The summed E-state index contributed by atoms with van der Waals surface area (Å²) in [5.74, 6) is 1.10. The Morgan fingerprint density at radius 1 is 1.12 bits per heavy atom. The minimum Gasteiger partial charge on any atom is -0.495 e. The number of aromatic nitrogens is 7. The Morgan fingerprint density at radius 2 is 2.03 bits per heavy atom. The van der Waals surface area contributed by atoms with Crippen LogP contribution in [0, 0.1) is 0 Å². The van der Waals surface area contributed by atoms with Gasteiger partial charge in [0.2, 0.25) is 10.0 Å². The summed E-state index contributed by atoms with van der Waals surface area (Å²) in [6, 6.07) is 8.85. The summed E-state index contributed by atoms with van der Waals surface area (Å²) < 4.78 is 35.1. The van der Waals surface area contributed by atoms with Gasteiger partial charge in [-0.2, -0.15) is 0 Å². The van der Waals surface area contributed by atoms with E-state index in [0.717, 1.165) is 15.9 Å². The van der Waals surface area contributed by atoms with E-state index < -0.39 is 10.0 Å². The number of hydrogen-bond acceptors (Lipinski definition) is 11. The SMILES string of the molecule is COc1cc2ncnc(Nc3ccc4scnc4c3)c2cc1S(=O)(=O)NCCc1nnn[nH]1. The van der Waals surface area contributed by atoms with E-state index in [2.05, 4.69) is 45.6 Å². The van der Waals surface area contributed by atoms with E-state index in [0.29, 0.717) is 29.0 Å². The fourth-order valence-corrected chi connectivity index (χ4v) is 5.14. The quantitative estimate of drug-likeness (QED) is 0.298. The monoisotopic (exact) mass is 483 g/mol. The van der Waals surface area contributed by atoms with Crippen LogP contribution in [0.3, 0.4) is 0 Å². The third-order valence-corrected chi connectivity index (χ3v) is 7.14. The predicted molar refractivity (Wildman–Crippen MR) is 122 cm³/mol. The Bertz CT molecular complexity index is 1540. The number of benzene rings is 2. The van der Waals surface area contributed by atoms with Crippen molar-refractivity contribution in [3.63, 3.8) is 0 Å². The number of nitrogens with zero attached hydrogens (tertiary/aromatic N) is 6. The van der Waals surface area contributed by atoms with Gasteiger partial charge in [-0.25, -0.2) is 33.2 Å². The average molecular weight is 484 g/mol. The molecule has 168 valence electrons. The van der Waals surface area contributed by atoms with Crippen LogP contribution in [-0.2, 0) is 16.4 Å². The molecule has 2 aromatic carbocycles. The maximum absolute atomic E-state index is 13.0. The van der Waals surface area contributed by atoms with E-state index in [-0.39, 0.29) is 17.2 Å². The highest BCUT2D eigenvalue weighted by Gasteiger charge is 2.22. The van der Waals surface area contributed by atoms with Crippen molar-refractivity contribution in [3.8, 4) is 5.75 Å². The van der Waals surface area contributed by atoms with Gasteiger partial charge in [0.1, 0.15) is 28.6 Å². The zero-order valence-electron chi connectivity index (χ0n) is 17.2. The van der Waals surface area contributed by atoms with Crippen LogP contribution in [0.4, 0.5) is 11.5 Å². The van der Waals surface area contributed by atoms with Gasteiger partial charge in [0, 0.05) is 30.1 Å². The Balaban J connectivity index is 1.49. The number of rotatable bonds is 8. The third kappa shape index (κ3) is 4.30.